The number of aromatic nitrogens is 2. The minimum atomic E-state index is -0.353. The van der Waals surface area contributed by atoms with E-state index in [0.717, 1.165) is 29.9 Å². The van der Waals surface area contributed by atoms with E-state index in [2.05, 4.69) is 15.7 Å². The van der Waals surface area contributed by atoms with Crippen LogP contribution in [0.3, 0.4) is 0 Å². The first kappa shape index (κ1) is 18.1. The Morgan fingerprint density at radius 3 is 2.64 bits per heavy atom. The molecule has 1 atom stereocenters. The second-order valence-corrected chi connectivity index (χ2v) is 6.64. The van der Waals surface area contributed by atoms with Crippen molar-refractivity contribution < 1.29 is 14.3 Å². The highest BCUT2D eigenvalue weighted by atomic mass is 16.5. The fraction of sp³-hybridized carbons (Fsp3) is 0.238. The van der Waals surface area contributed by atoms with E-state index in [1.807, 2.05) is 55.7 Å². The summed E-state index contributed by atoms with van der Waals surface area (Å²) in [5.41, 5.74) is 2.52. The van der Waals surface area contributed by atoms with Crippen molar-refractivity contribution in [3.8, 4) is 16.9 Å². The van der Waals surface area contributed by atoms with Crippen LogP contribution in [0.4, 0.5) is 16.3 Å². The number of hydrogen-bond donors (Lipinski definition) is 2. The summed E-state index contributed by atoms with van der Waals surface area (Å²) in [6, 6.07) is 16.8. The van der Waals surface area contributed by atoms with Gasteiger partial charge in [-0.3, -0.25) is 10.00 Å². The number of amides is 2. The zero-order valence-corrected chi connectivity index (χ0v) is 15.6. The molecule has 0 saturated carbocycles. The Hall–Kier alpha value is -3.32. The number of urea groups is 1. The molecular weight excluding hydrogens is 356 g/mol. The summed E-state index contributed by atoms with van der Waals surface area (Å²) in [6.07, 6.45) is 2.88. The average molecular weight is 378 g/mol. The highest BCUT2D eigenvalue weighted by molar-refractivity contribution is 6.01. The standard InChI is InChI=1S/C21H22N4O3/c1-25-13-19(15-5-3-2-4-6-15)20(24-25)23-21(26)22-16-7-9-17(10-8-16)28-18-11-12-27-14-18/h2-10,13,18H,11-12,14H2,1H3,(H2,22,23,24,26)/t18-/m1/s1. The van der Waals surface area contributed by atoms with Crippen LogP contribution in [0, 0.1) is 0 Å². The quantitative estimate of drug-likeness (QED) is 0.706. The molecule has 0 bridgehead atoms. The molecule has 7 heteroatoms. The van der Waals surface area contributed by atoms with Gasteiger partial charge < -0.3 is 14.8 Å². The predicted octanol–water partition coefficient (Wildman–Crippen LogP) is 3.90. The molecule has 2 amide bonds. The van der Waals surface area contributed by atoms with Gasteiger partial charge in [-0.1, -0.05) is 30.3 Å². The third-order valence-electron chi connectivity index (χ3n) is 4.45. The Morgan fingerprint density at radius 1 is 1.14 bits per heavy atom. The maximum absolute atomic E-state index is 12.4. The summed E-state index contributed by atoms with van der Waals surface area (Å²) in [4.78, 5) is 12.4. The van der Waals surface area contributed by atoms with Crippen LogP contribution >= 0.6 is 0 Å². The number of hydrogen-bond acceptors (Lipinski definition) is 4. The second-order valence-electron chi connectivity index (χ2n) is 6.64. The minimum absolute atomic E-state index is 0.0997. The van der Waals surface area contributed by atoms with E-state index >= 15 is 0 Å². The van der Waals surface area contributed by atoms with Crippen molar-refractivity contribution in [2.45, 2.75) is 12.5 Å². The van der Waals surface area contributed by atoms with Crippen LogP contribution in [-0.4, -0.2) is 35.1 Å². The van der Waals surface area contributed by atoms with Gasteiger partial charge in [0.15, 0.2) is 5.82 Å². The molecule has 1 saturated heterocycles. The lowest BCUT2D eigenvalue weighted by Gasteiger charge is -2.12. The van der Waals surface area contributed by atoms with E-state index in [1.165, 1.54) is 0 Å². The molecule has 1 aliphatic heterocycles. The van der Waals surface area contributed by atoms with E-state index < -0.39 is 0 Å². The monoisotopic (exact) mass is 378 g/mol. The lowest BCUT2D eigenvalue weighted by molar-refractivity contribution is 0.141. The largest absolute Gasteiger partial charge is 0.488 e. The average Bonchev–Trinajstić information content (AvgIpc) is 3.33. The number of carbonyl (C=O) groups excluding carboxylic acids is 1. The number of benzene rings is 2. The third-order valence-corrected chi connectivity index (χ3v) is 4.45. The number of nitrogens with zero attached hydrogens (tertiary/aromatic N) is 2. The van der Waals surface area contributed by atoms with Crippen LogP contribution in [-0.2, 0) is 11.8 Å². The Morgan fingerprint density at radius 2 is 1.93 bits per heavy atom. The number of aryl methyl sites for hydroxylation is 1. The maximum Gasteiger partial charge on any atom is 0.324 e. The van der Waals surface area contributed by atoms with Crippen LogP contribution in [0.2, 0.25) is 0 Å². The third kappa shape index (κ3) is 4.32. The van der Waals surface area contributed by atoms with Crippen LogP contribution in [0.5, 0.6) is 5.75 Å². The summed E-state index contributed by atoms with van der Waals surface area (Å²) >= 11 is 0. The Balaban J connectivity index is 1.39. The highest BCUT2D eigenvalue weighted by Crippen LogP contribution is 2.26. The van der Waals surface area contributed by atoms with E-state index in [4.69, 9.17) is 9.47 Å². The summed E-state index contributed by atoms with van der Waals surface area (Å²) < 4.78 is 12.8. The summed E-state index contributed by atoms with van der Waals surface area (Å²) in [5.74, 6) is 1.27. The van der Waals surface area contributed by atoms with Crippen molar-refractivity contribution >= 4 is 17.5 Å². The van der Waals surface area contributed by atoms with E-state index in [9.17, 15) is 4.79 Å². The van der Waals surface area contributed by atoms with Crippen LogP contribution in [0.1, 0.15) is 6.42 Å². The summed E-state index contributed by atoms with van der Waals surface area (Å²) in [7, 11) is 1.82. The van der Waals surface area contributed by atoms with E-state index in [0.29, 0.717) is 18.1 Å². The Bertz CT molecular complexity index is 932. The smallest absolute Gasteiger partial charge is 0.324 e. The lowest BCUT2D eigenvalue weighted by Crippen LogP contribution is -2.20. The van der Waals surface area contributed by atoms with Gasteiger partial charge in [-0.2, -0.15) is 5.10 Å². The molecule has 7 nitrogen and oxygen atoms in total. The van der Waals surface area contributed by atoms with Gasteiger partial charge in [0.2, 0.25) is 0 Å². The Labute approximate surface area is 163 Å². The van der Waals surface area contributed by atoms with Gasteiger partial charge in [0.05, 0.1) is 13.2 Å². The molecule has 1 aromatic heterocycles. The van der Waals surface area contributed by atoms with Crippen LogP contribution in [0.25, 0.3) is 11.1 Å². The predicted molar refractivity (Wildman–Crippen MR) is 108 cm³/mol. The Kier molecular flexibility index (Phi) is 5.25. The lowest BCUT2D eigenvalue weighted by atomic mass is 10.1. The normalized spacial score (nSPS) is 16.0. The van der Waals surface area contributed by atoms with Crippen molar-refractivity contribution in [2.24, 2.45) is 7.05 Å². The zero-order valence-electron chi connectivity index (χ0n) is 15.6. The van der Waals surface area contributed by atoms with Crippen molar-refractivity contribution in [2.75, 3.05) is 23.8 Å². The molecule has 2 N–H and O–H groups in total. The molecule has 144 valence electrons. The van der Waals surface area contributed by atoms with Crippen molar-refractivity contribution in [1.29, 1.82) is 0 Å². The minimum Gasteiger partial charge on any atom is -0.488 e. The first-order valence-corrected chi connectivity index (χ1v) is 9.19. The molecule has 4 rings (SSSR count). The van der Waals surface area contributed by atoms with E-state index in [1.54, 1.807) is 16.8 Å². The van der Waals surface area contributed by atoms with Gasteiger partial charge in [-0.25, -0.2) is 4.79 Å². The molecule has 1 aliphatic rings. The molecule has 28 heavy (non-hydrogen) atoms. The molecular formula is C21H22N4O3. The first-order chi connectivity index (χ1) is 13.7. The fourth-order valence-corrected chi connectivity index (χ4v) is 3.09. The number of anilines is 2. The number of nitrogens with one attached hydrogen (secondary N) is 2. The van der Waals surface area contributed by atoms with Gasteiger partial charge in [0.1, 0.15) is 11.9 Å². The number of ether oxygens (including phenoxy) is 2. The van der Waals surface area contributed by atoms with Crippen LogP contribution in [0.15, 0.2) is 60.8 Å². The SMILES string of the molecule is Cn1cc(-c2ccccc2)c(NC(=O)Nc2ccc(O[C@@H]3CCOC3)cc2)n1. The van der Waals surface area contributed by atoms with Crippen molar-refractivity contribution in [3.05, 3.63) is 60.8 Å². The molecule has 0 spiro atoms. The van der Waals surface area contributed by atoms with Gasteiger partial charge in [0, 0.05) is 30.9 Å². The summed E-state index contributed by atoms with van der Waals surface area (Å²) in [5, 5.41) is 9.99. The second kappa shape index (κ2) is 8.14. The zero-order chi connectivity index (χ0) is 19.3. The van der Waals surface area contributed by atoms with Gasteiger partial charge in [-0.05, 0) is 29.8 Å². The topological polar surface area (TPSA) is 77.4 Å². The number of rotatable bonds is 5. The first-order valence-electron chi connectivity index (χ1n) is 9.19. The van der Waals surface area contributed by atoms with Crippen molar-refractivity contribution in [1.82, 2.24) is 9.78 Å². The van der Waals surface area contributed by atoms with Gasteiger partial charge >= 0.3 is 6.03 Å². The molecule has 0 unspecified atom stereocenters. The maximum atomic E-state index is 12.4. The van der Waals surface area contributed by atoms with E-state index in [-0.39, 0.29) is 12.1 Å². The van der Waals surface area contributed by atoms with Gasteiger partial charge in [0.25, 0.3) is 0 Å². The number of carbonyl (C=O) groups is 1. The van der Waals surface area contributed by atoms with Crippen LogP contribution < -0.4 is 15.4 Å². The summed E-state index contributed by atoms with van der Waals surface area (Å²) in [6.45, 7) is 1.36. The molecule has 0 aliphatic carbocycles. The van der Waals surface area contributed by atoms with Crippen molar-refractivity contribution in [3.63, 3.8) is 0 Å². The molecule has 2 heterocycles. The molecule has 3 aromatic rings. The van der Waals surface area contributed by atoms with Gasteiger partial charge in [-0.15, -0.1) is 0 Å². The fourth-order valence-electron chi connectivity index (χ4n) is 3.09. The molecule has 1 fully saturated rings. The highest BCUT2D eigenvalue weighted by Gasteiger charge is 2.17. The molecule has 0 radical (unpaired) electrons. The molecule has 2 aromatic carbocycles.